The molecule has 1 aromatic carbocycles. The molecule has 0 N–H and O–H groups in total. The van der Waals surface area contributed by atoms with E-state index in [4.69, 9.17) is 14.7 Å². The van der Waals surface area contributed by atoms with Crippen molar-refractivity contribution in [2.75, 3.05) is 32.8 Å². The zero-order valence-electron chi connectivity index (χ0n) is 17.5. The van der Waals surface area contributed by atoms with Gasteiger partial charge >= 0.3 is 0 Å². The minimum absolute atomic E-state index is 0.190. The Morgan fingerprint density at radius 1 is 1.07 bits per heavy atom. The highest BCUT2D eigenvalue weighted by Gasteiger charge is 2.53. The van der Waals surface area contributed by atoms with E-state index in [1.165, 1.54) is 49.7 Å². The second-order valence-electron chi connectivity index (χ2n) is 9.76. The summed E-state index contributed by atoms with van der Waals surface area (Å²) in [6.07, 6.45) is 11.0. The molecule has 4 nitrogen and oxygen atoms in total. The number of hydrogen-bond acceptors (Lipinski definition) is 4. The Morgan fingerprint density at radius 3 is 2.31 bits per heavy atom. The molecule has 1 heterocycles. The van der Waals surface area contributed by atoms with Crippen molar-refractivity contribution in [3.8, 4) is 12.0 Å². The van der Waals surface area contributed by atoms with E-state index in [9.17, 15) is 0 Å². The Bertz CT molecular complexity index is 776. The molecule has 0 radical (unpaired) electrons. The first-order valence-electron chi connectivity index (χ1n) is 11.3. The Hall–Kier alpha value is -1.83. The van der Waals surface area contributed by atoms with E-state index < -0.39 is 0 Å². The van der Waals surface area contributed by atoms with Gasteiger partial charge in [0.1, 0.15) is 6.11 Å². The smallest absolute Gasteiger partial charge is 0.150 e. The van der Waals surface area contributed by atoms with Gasteiger partial charge in [-0.2, -0.15) is 0 Å². The molecule has 5 aliphatic rings. The first-order valence-corrected chi connectivity index (χ1v) is 11.3. The maximum Gasteiger partial charge on any atom is 0.150 e. The summed E-state index contributed by atoms with van der Waals surface area (Å²) in [7, 11) is 0. The van der Waals surface area contributed by atoms with E-state index in [-0.39, 0.29) is 5.41 Å². The highest BCUT2D eigenvalue weighted by atomic mass is 16.6. The fourth-order valence-corrected chi connectivity index (χ4v) is 6.57. The quantitative estimate of drug-likeness (QED) is 0.437. The number of oxime groups is 1. The van der Waals surface area contributed by atoms with Crippen molar-refractivity contribution in [2.24, 2.45) is 28.3 Å². The molecule has 1 saturated heterocycles. The van der Waals surface area contributed by atoms with Crippen molar-refractivity contribution in [3.63, 3.8) is 0 Å². The molecular formula is C25H32N2O2. The summed E-state index contributed by atoms with van der Waals surface area (Å²) in [5, 5.41) is 4.70. The molecule has 4 bridgehead atoms. The van der Waals surface area contributed by atoms with Crippen LogP contribution in [0.1, 0.15) is 49.7 Å². The standard InChI is InChI=1S/C25H32N2O2/c1-19-3-5-23(6-4-19)24(26-29-10-2-7-27-8-11-28-12-9-27)25-16-20-13-21(17-25)15-22(14-20)18-25/h3-6,20-22H,7-9,11-18H2,1H3/b26-24+. The zero-order valence-corrected chi connectivity index (χ0v) is 17.5. The minimum Gasteiger partial charge on any atom is -0.379 e. The first kappa shape index (κ1) is 19.2. The summed E-state index contributed by atoms with van der Waals surface area (Å²) in [6, 6.07) is 8.82. The lowest BCUT2D eigenvalue weighted by atomic mass is 9.48. The number of ether oxygens (including phenoxy) is 1. The van der Waals surface area contributed by atoms with Crippen LogP contribution >= 0.6 is 0 Å². The lowest BCUT2D eigenvalue weighted by Gasteiger charge is -2.56. The summed E-state index contributed by atoms with van der Waals surface area (Å²) in [5.74, 6) is 5.77. The second kappa shape index (κ2) is 8.13. The van der Waals surface area contributed by atoms with Gasteiger partial charge < -0.3 is 9.57 Å². The van der Waals surface area contributed by atoms with E-state index >= 15 is 0 Å². The van der Waals surface area contributed by atoms with E-state index in [0.29, 0.717) is 0 Å². The predicted molar refractivity (Wildman–Crippen MR) is 114 cm³/mol. The lowest BCUT2D eigenvalue weighted by molar-refractivity contribution is -0.0133. The molecule has 6 rings (SSSR count). The van der Waals surface area contributed by atoms with Crippen LogP contribution in [0.5, 0.6) is 0 Å². The molecule has 0 atom stereocenters. The third kappa shape index (κ3) is 4.09. The predicted octanol–water partition coefficient (Wildman–Crippen LogP) is 4.23. The molecule has 0 spiro atoms. The van der Waals surface area contributed by atoms with Gasteiger partial charge in [-0.15, -0.1) is 0 Å². The topological polar surface area (TPSA) is 34.1 Å². The molecule has 0 aromatic heterocycles. The summed E-state index contributed by atoms with van der Waals surface area (Å²) in [4.78, 5) is 7.93. The molecule has 4 heteroatoms. The monoisotopic (exact) mass is 392 g/mol. The van der Waals surface area contributed by atoms with Crippen molar-refractivity contribution in [2.45, 2.75) is 45.4 Å². The Morgan fingerprint density at radius 2 is 1.69 bits per heavy atom. The van der Waals surface area contributed by atoms with Crippen molar-refractivity contribution < 1.29 is 9.57 Å². The fraction of sp³-hybridized carbons (Fsp3) is 0.640. The van der Waals surface area contributed by atoms with Crippen LogP contribution in [0, 0.1) is 42.1 Å². The number of aryl methyl sites for hydroxylation is 1. The molecule has 5 fully saturated rings. The molecule has 4 saturated carbocycles. The molecule has 4 aliphatic carbocycles. The van der Waals surface area contributed by atoms with Crippen LogP contribution in [0.25, 0.3) is 0 Å². The van der Waals surface area contributed by atoms with Gasteiger partial charge in [-0.05, 0) is 74.7 Å². The number of morpholine rings is 1. The van der Waals surface area contributed by atoms with Crippen molar-refractivity contribution in [3.05, 3.63) is 35.4 Å². The highest BCUT2D eigenvalue weighted by Crippen LogP contribution is 2.61. The van der Waals surface area contributed by atoms with Crippen LogP contribution < -0.4 is 0 Å². The number of benzene rings is 1. The van der Waals surface area contributed by atoms with E-state index in [1.54, 1.807) is 0 Å². The van der Waals surface area contributed by atoms with Crippen molar-refractivity contribution in [1.29, 1.82) is 0 Å². The molecule has 0 amide bonds. The van der Waals surface area contributed by atoms with Gasteiger partial charge in [-0.1, -0.05) is 35.0 Å². The van der Waals surface area contributed by atoms with Gasteiger partial charge in [0.2, 0.25) is 0 Å². The molecule has 1 aliphatic heterocycles. The first-order chi connectivity index (χ1) is 14.2. The van der Waals surface area contributed by atoms with Crippen LogP contribution in [0.4, 0.5) is 0 Å². The summed E-state index contributed by atoms with van der Waals surface area (Å²) in [6.45, 7) is 6.34. The van der Waals surface area contributed by atoms with Crippen LogP contribution in [0.15, 0.2) is 29.4 Å². The fourth-order valence-electron chi connectivity index (χ4n) is 6.57. The molecule has 29 heavy (non-hydrogen) atoms. The lowest BCUT2D eigenvalue weighted by Crippen LogP contribution is -2.50. The second-order valence-corrected chi connectivity index (χ2v) is 9.76. The Kier molecular flexibility index (Phi) is 5.37. The van der Waals surface area contributed by atoms with Crippen molar-refractivity contribution in [1.82, 2.24) is 4.90 Å². The van der Waals surface area contributed by atoms with Crippen LogP contribution in [-0.4, -0.2) is 43.5 Å². The summed E-state index contributed by atoms with van der Waals surface area (Å²) < 4.78 is 5.39. The van der Waals surface area contributed by atoms with E-state index in [1.807, 2.05) is 0 Å². The van der Waals surface area contributed by atoms with Crippen LogP contribution in [-0.2, 0) is 9.57 Å². The zero-order chi connectivity index (χ0) is 19.7. The third-order valence-corrected chi connectivity index (χ3v) is 7.53. The molecule has 154 valence electrons. The average molecular weight is 393 g/mol. The van der Waals surface area contributed by atoms with Gasteiger partial charge in [0.25, 0.3) is 0 Å². The van der Waals surface area contributed by atoms with Gasteiger partial charge in [0.15, 0.2) is 0 Å². The van der Waals surface area contributed by atoms with Gasteiger partial charge in [0.05, 0.1) is 25.5 Å². The van der Waals surface area contributed by atoms with E-state index in [2.05, 4.69) is 48.1 Å². The maximum atomic E-state index is 5.63. The number of rotatable bonds is 4. The van der Waals surface area contributed by atoms with Gasteiger partial charge in [-0.25, -0.2) is 0 Å². The van der Waals surface area contributed by atoms with Crippen LogP contribution in [0.3, 0.4) is 0 Å². The van der Waals surface area contributed by atoms with Crippen molar-refractivity contribution >= 4 is 5.71 Å². The van der Waals surface area contributed by atoms with Gasteiger partial charge in [-0.3, -0.25) is 4.90 Å². The Balaban J connectivity index is 1.36. The van der Waals surface area contributed by atoms with Gasteiger partial charge in [0, 0.05) is 18.5 Å². The summed E-state index contributed by atoms with van der Waals surface area (Å²) >= 11 is 0. The third-order valence-electron chi connectivity index (χ3n) is 7.53. The molecule has 1 aromatic rings. The maximum absolute atomic E-state index is 5.63. The average Bonchev–Trinajstić information content (AvgIpc) is 2.71. The number of hydrogen-bond donors (Lipinski definition) is 0. The van der Waals surface area contributed by atoms with Crippen LogP contribution in [0.2, 0.25) is 0 Å². The normalized spacial score (nSPS) is 34.0. The molecule has 0 unspecified atom stereocenters. The summed E-state index contributed by atoms with van der Waals surface area (Å²) in [5.41, 5.74) is 3.84. The SMILES string of the molecule is Cc1ccc(/C(=N\OC#CCN2CCOCC2)C23CC4CC(CC(C4)C2)C3)cc1. The Labute approximate surface area is 174 Å². The molecular weight excluding hydrogens is 360 g/mol. The highest BCUT2D eigenvalue weighted by molar-refractivity contribution is 6.04. The minimum atomic E-state index is 0.190. The van der Waals surface area contributed by atoms with E-state index in [0.717, 1.165) is 56.3 Å². The largest absolute Gasteiger partial charge is 0.379 e. The number of nitrogens with zero attached hydrogens (tertiary/aromatic N) is 2.